The highest BCUT2D eigenvalue weighted by Gasteiger charge is 2.25. The van der Waals surface area contributed by atoms with Crippen molar-refractivity contribution in [1.29, 1.82) is 0 Å². The zero-order chi connectivity index (χ0) is 14.8. The molecular weight excluding hydrogens is 282 g/mol. The molecule has 3 rings (SSSR count). The molecule has 2 N–H and O–H groups in total. The number of aromatic nitrogens is 2. The van der Waals surface area contributed by atoms with E-state index in [4.69, 9.17) is 5.73 Å². The van der Waals surface area contributed by atoms with Gasteiger partial charge in [-0.2, -0.15) is 4.37 Å². The first-order chi connectivity index (χ1) is 10.2. The summed E-state index contributed by atoms with van der Waals surface area (Å²) in [5.74, 6) is 0.612. The molecule has 0 aromatic carbocycles. The van der Waals surface area contributed by atoms with E-state index in [2.05, 4.69) is 33.3 Å². The van der Waals surface area contributed by atoms with Gasteiger partial charge in [0.15, 0.2) is 0 Å². The van der Waals surface area contributed by atoms with E-state index < -0.39 is 0 Å². The van der Waals surface area contributed by atoms with Crippen molar-refractivity contribution in [1.82, 2.24) is 14.3 Å². The number of rotatable bonds is 3. The molecule has 1 fully saturated rings. The smallest absolute Gasteiger partial charge is 0.147 e. The Kier molecular flexibility index (Phi) is 4.07. The summed E-state index contributed by atoms with van der Waals surface area (Å²) in [4.78, 5) is 8.82. The average molecular weight is 303 g/mol. The van der Waals surface area contributed by atoms with Gasteiger partial charge in [0.1, 0.15) is 10.8 Å². The Bertz CT molecular complexity index is 589. The second kappa shape index (κ2) is 5.99. The third-order valence-electron chi connectivity index (χ3n) is 4.23. The maximum atomic E-state index is 6.11. The fourth-order valence-electron chi connectivity index (χ4n) is 2.87. The van der Waals surface area contributed by atoms with Gasteiger partial charge in [-0.15, -0.1) is 0 Å². The lowest BCUT2D eigenvalue weighted by Crippen LogP contribution is -2.41. The summed E-state index contributed by atoms with van der Waals surface area (Å²) >= 11 is 1.49. The summed E-state index contributed by atoms with van der Waals surface area (Å²) < 4.78 is 4.37. The van der Waals surface area contributed by atoms with Crippen molar-refractivity contribution >= 4 is 22.4 Å². The Morgan fingerprint density at radius 2 is 1.95 bits per heavy atom. The molecule has 3 heterocycles. The summed E-state index contributed by atoms with van der Waals surface area (Å²) in [5, 5.41) is 1.16. The van der Waals surface area contributed by atoms with Crippen LogP contribution in [0.4, 0.5) is 10.8 Å². The third kappa shape index (κ3) is 2.87. The monoisotopic (exact) mass is 303 g/mol. The van der Waals surface area contributed by atoms with E-state index in [-0.39, 0.29) is 0 Å². The molecule has 0 atom stereocenters. The Hall–Kier alpha value is -1.66. The Morgan fingerprint density at radius 3 is 2.62 bits per heavy atom. The molecule has 5 nitrogen and oxygen atoms in total. The minimum Gasteiger partial charge on any atom is -0.382 e. The molecular formula is C15H21N5S. The van der Waals surface area contributed by atoms with Crippen molar-refractivity contribution in [2.24, 2.45) is 0 Å². The molecule has 1 saturated heterocycles. The van der Waals surface area contributed by atoms with Crippen LogP contribution in [0.15, 0.2) is 24.5 Å². The van der Waals surface area contributed by atoms with Crippen molar-refractivity contribution in [2.45, 2.75) is 18.9 Å². The van der Waals surface area contributed by atoms with Crippen LogP contribution < -0.4 is 10.6 Å². The predicted molar refractivity (Wildman–Crippen MR) is 88.7 cm³/mol. The lowest BCUT2D eigenvalue weighted by Gasteiger charge is -2.35. The molecule has 0 spiro atoms. The maximum Gasteiger partial charge on any atom is 0.147 e. The lowest BCUT2D eigenvalue weighted by atomic mass is 10.0. The lowest BCUT2D eigenvalue weighted by molar-refractivity contribution is 0.253. The summed E-state index contributed by atoms with van der Waals surface area (Å²) in [6.45, 7) is 2.29. The van der Waals surface area contributed by atoms with Crippen LogP contribution in [0.5, 0.6) is 0 Å². The standard InChI is InChI=1S/C15H21N5S/c1-19-9-5-12(6-10-19)20(2)15-13(14(16)18-21-15)11-3-7-17-8-4-11/h3-4,7-8,12H,5-6,9-10H2,1-2H3,(H2,16,18). The summed E-state index contributed by atoms with van der Waals surface area (Å²) in [7, 11) is 4.34. The number of hydrogen-bond donors (Lipinski definition) is 1. The van der Waals surface area contributed by atoms with Crippen LogP contribution in [-0.2, 0) is 0 Å². The van der Waals surface area contributed by atoms with Crippen LogP contribution in [0.3, 0.4) is 0 Å². The van der Waals surface area contributed by atoms with Gasteiger partial charge in [0, 0.05) is 25.5 Å². The summed E-state index contributed by atoms with van der Waals surface area (Å²) in [6.07, 6.45) is 5.96. The first-order valence-corrected chi connectivity index (χ1v) is 8.01. The van der Waals surface area contributed by atoms with Crippen molar-refractivity contribution < 1.29 is 0 Å². The van der Waals surface area contributed by atoms with Crippen LogP contribution in [0.2, 0.25) is 0 Å². The highest BCUT2D eigenvalue weighted by atomic mass is 32.1. The van der Waals surface area contributed by atoms with Gasteiger partial charge in [-0.25, -0.2) is 0 Å². The third-order valence-corrected chi connectivity index (χ3v) is 5.18. The number of nitrogen functional groups attached to an aromatic ring is 1. The van der Waals surface area contributed by atoms with E-state index in [0.717, 1.165) is 29.2 Å². The van der Waals surface area contributed by atoms with E-state index >= 15 is 0 Å². The maximum absolute atomic E-state index is 6.11. The fourth-order valence-corrected chi connectivity index (χ4v) is 3.74. The van der Waals surface area contributed by atoms with Gasteiger partial charge in [-0.1, -0.05) is 0 Å². The van der Waals surface area contributed by atoms with Crippen LogP contribution >= 0.6 is 11.5 Å². The molecule has 21 heavy (non-hydrogen) atoms. The highest BCUT2D eigenvalue weighted by molar-refractivity contribution is 7.11. The van der Waals surface area contributed by atoms with Gasteiger partial charge >= 0.3 is 0 Å². The van der Waals surface area contributed by atoms with Crippen LogP contribution in [-0.4, -0.2) is 47.5 Å². The molecule has 0 saturated carbocycles. The van der Waals surface area contributed by atoms with Gasteiger partial charge in [0.05, 0.1) is 5.56 Å². The molecule has 112 valence electrons. The molecule has 0 radical (unpaired) electrons. The van der Waals surface area contributed by atoms with Gasteiger partial charge in [0.2, 0.25) is 0 Å². The molecule has 0 unspecified atom stereocenters. The Labute approximate surface area is 129 Å². The van der Waals surface area contributed by atoms with E-state index in [9.17, 15) is 0 Å². The number of likely N-dealkylation sites (tertiary alicyclic amines) is 1. The summed E-state index contributed by atoms with van der Waals surface area (Å²) in [6, 6.07) is 4.54. The first-order valence-electron chi connectivity index (χ1n) is 7.23. The van der Waals surface area contributed by atoms with Gasteiger partial charge < -0.3 is 15.5 Å². The van der Waals surface area contributed by atoms with Crippen LogP contribution in [0, 0.1) is 0 Å². The zero-order valence-corrected chi connectivity index (χ0v) is 13.3. The average Bonchev–Trinajstić information content (AvgIpc) is 2.90. The normalized spacial score (nSPS) is 17.0. The summed E-state index contributed by atoms with van der Waals surface area (Å²) in [5.41, 5.74) is 8.24. The fraction of sp³-hybridized carbons (Fsp3) is 0.467. The molecule has 0 aliphatic carbocycles. The van der Waals surface area contributed by atoms with E-state index in [1.165, 1.54) is 24.4 Å². The minimum atomic E-state index is 0.557. The van der Waals surface area contributed by atoms with Gasteiger partial charge in [-0.05, 0) is 62.2 Å². The molecule has 2 aromatic rings. The minimum absolute atomic E-state index is 0.557. The molecule has 0 amide bonds. The Morgan fingerprint density at radius 1 is 1.29 bits per heavy atom. The van der Waals surface area contributed by atoms with Crippen LogP contribution in [0.1, 0.15) is 12.8 Å². The molecule has 2 aromatic heterocycles. The van der Waals surface area contributed by atoms with E-state index in [1.54, 1.807) is 12.4 Å². The van der Waals surface area contributed by atoms with Crippen molar-refractivity contribution in [3.8, 4) is 11.1 Å². The molecule has 1 aliphatic heterocycles. The quantitative estimate of drug-likeness (QED) is 0.943. The number of nitrogens with zero attached hydrogens (tertiary/aromatic N) is 4. The number of piperidine rings is 1. The van der Waals surface area contributed by atoms with Gasteiger partial charge in [-0.3, -0.25) is 4.98 Å². The molecule has 0 bridgehead atoms. The zero-order valence-electron chi connectivity index (χ0n) is 12.5. The van der Waals surface area contributed by atoms with Gasteiger partial charge in [0.25, 0.3) is 0 Å². The van der Waals surface area contributed by atoms with Crippen molar-refractivity contribution in [3.05, 3.63) is 24.5 Å². The number of hydrogen-bond acceptors (Lipinski definition) is 6. The SMILES string of the molecule is CN1CCC(N(C)c2snc(N)c2-c2ccncc2)CC1. The Balaban J connectivity index is 1.89. The second-order valence-corrected chi connectivity index (χ2v) is 6.38. The number of pyridine rings is 1. The van der Waals surface area contributed by atoms with Crippen LogP contribution in [0.25, 0.3) is 11.1 Å². The molecule has 1 aliphatic rings. The topological polar surface area (TPSA) is 58.3 Å². The van der Waals surface area contributed by atoms with Crippen molar-refractivity contribution in [2.75, 3.05) is 37.8 Å². The van der Waals surface area contributed by atoms with Crippen molar-refractivity contribution in [3.63, 3.8) is 0 Å². The second-order valence-electron chi connectivity index (χ2n) is 5.63. The largest absolute Gasteiger partial charge is 0.382 e. The van der Waals surface area contributed by atoms with E-state index in [1.807, 2.05) is 12.1 Å². The predicted octanol–water partition coefficient (Wildman–Crippen LogP) is 2.32. The number of nitrogens with two attached hydrogens (primary N) is 1. The molecule has 6 heteroatoms. The highest BCUT2D eigenvalue weighted by Crippen LogP contribution is 2.40. The van der Waals surface area contributed by atoms with E-state index in [0.29, 0.717) is 11.9 Å². The first kappa shape index (κ1) is 14.3. The number of anilines is 2.